The lowest BCUT2D eigenvalue weighted by molar-refractivity contribution is 0.458. The Morgan fingerprint density at radius 3 is 2.47 bits per heavy atom. The molecular weight excluding hydrogens is 186 g/mol. The zero-order valence-electron chi connectivity index (χ0n) is 10.2. The van der Waals surface area contributed by atoms with Crippen molar-refractivity contribution in [3.8, 4) is 0 Å². The lowest BCUT2D eigenvalue weighted by atomic mass is 10.2. The molecule has 0 aliphatic carbocycles. The third kappa shape index (κ3) is 3.11. The lowest BCUT2D eigenvalue weighted by Gasteiger charge is -2.21. The first-order valence-electron chi connectivity index (χ1n) is 5.54. The van der Waals surface area contributed by atoms with Crippen LogP contribution < -0.4 is 0 Å². The molecule has 3 nitrogen and oxygen atoms in total. The van der Waals surface area contributed by atoms with Crippen LogP contribution in [0.1, 0.15) is 20.3 Å². The molecule has 1 rings (SSSR count). The van der Waals surface area contributed by atoms with Crippen LogP contribution in [0.4, 0.5) is 0 Å². The van der Waals surface area contributed by atoms with Gasteiger partial charge in [-0.3, -0.25) is 0 Å². The van der Waals surface area contributed by atoms with Crippen LogP contribution in [0.25, 0.3) is 0 Å². The van der Waals surface area contributed by atoms with Crippen molar-refractivity contribution in [3.63, 3.8) is 0 Å². The molecule has 1 aliphatic rings. The Bertz CT molecular complexity index is 283. The first-order chi connectivity index (χ1) is 7.19. The van der Waals surface area contributed by atoms with Gasteiger partial charge in [-0.25, -0.2) is 4.99 Å². The third-order valence-corrected chi connectivity index (χ3v) is 2.61. The summed E-state index contributed by atoms with van der Waals surface area (Å²) in [5, 5.41) is 0. The predicted octanol–water partition coefficient (Wildman–Crippen LogP) is 2.09. The Kier molecular flexibility index (Phi) is 4.40. The van der Waals surface area contributed by atoms with Crippen LogP contribution in [0.3, 0.4) is 0 Å². The zero-order chi connectivity index (χ0) is 11.3. The Balaban J connectivity index is 2.74. The van der Waals surface area contributed by atoms with Gasteiger partial charge in [0, 0.05) is 45.5 Å². The first-order valence-corrected chi connectivity index (χ1v) is 5.54. The van der Waals surface area contributed by atoms with Crippen LogP contribution in [-0.2, 0) is 0 Å². The van der Waals surface area contributed by atoms with E-state index in [2.05, 4.69) is 54.9 Å². The quantitative estimate of drug-likeness (QED) is 0.705. The van der Waals surface area contributed by atoms with Gasteiger partial charge >= 0.3 is 0 Å². The summed E-state index contributed by atoms with van der Waals surface area (Å²) in [6.45, 7) is 6.37. The molecule has 0 spiro atoms. The maximum Gasteiger partial charge on any atom is 0.108 e. The van der Waals surface area contributed by atoms with Crippen LogP contribution in [0.5, 0.6) is 0 Å². The smallest absolute Gasteiger partial charge is 0.108 e. The lowest BCUT2D eigenvalue weighted by Crippen LogP contribution is -2.29. The van der Waals surface area contributed by atoms with Crippen molar-refractivity contribution in [2.24, 2.45) is 4.99 Å². The molecule has 0 atom stereocenters. The van der Waals surface area contributed by atoms with E-state index < -0.39 is 0 Å². The number of amidine groups is 1. The minimum atomic E-state index is 0.919. The Hall–Kier alpha value is -1.25. The van der Waals surface area contributed by atoms with E-state index in [0.29, 0.717) is 0 Å². The SMILES string of the molecule is CCN(CC)C1=NC=CC(N(C)C)=CC1. The molecule has 0 aromatic rings. The fraction of sp³-hybridized carbons (Fsp3) is 0.583. The van der Waals surface area contributed by atoms with Crippen molar-refractivity contribution < 1.29 is 0 Å². The molecule has 0 aromatic carbocycles. The molecular formula is C12H21N3. The topological polar surface area (TPSA) is 18.8 Å². The van der Waals surface area contributed by atoms with Crippen molar-refractivity contribution >= 4 is 5.84 Å². The highest BCUT2D eigenvalue weighted by molar-refractivity contribution is 5.84. The van der Waals surface area contributed by atoms with Crippen LogP contribution >= 0.6 is 0 Å². The van der Waals surface area contributed by atoms with Gasteiger partial charge < -0.3 is 9.80 Å². The second-order valence-electron chi connectivity index (χ2n) is 3.76. The van der Waals surface area contributed by atoms with E-state index in [9.17, 15) is 0 Å². The number of hydrogen-bond acceptors (Lipinski definition) is 3. The average Bonchev–Trinajstić information content (AvgIpc) is 2.45. The Morgan fingerprint density at radius 2 is 1.93 bits per heavy atom. The van der Waals surface area contributed by atoms with Gasteiger partial charge in [-0.1, -0.05) is 6.08 Å². The highest BCUT2D eigenvalue weighted by atomic mass is 15.2. The number of likely N-dealkylation sites (N-methyl/N-ethyl adjacent to an activating group) is 1. The normalized spacial score (nSPS) is 15.5. The van der Waals surface area contributed by atoms with Gasteiger partial charge in [0.05, 0.1) is 0 Å². The summed E-state index contributed by atoms with van der Waals surface area (Å²) in [5.74, 6) is 1.16. The Morgan fingerprint density at radius 1 is 1.27 bits per heavy atom. The van der Waals surface area contributed by atoms with Crippen LogP contribution in [0.15, 0.2) is 29.0 Å². The molecule has 0 radical (unpaired) electrons. The van der Waals surface area contributed by atoms with E-state index >= 15 is 0 Å². The molecule has 1 aliphatic heterocycles. The van der Waals surface area contributed by atoms with E-state index in [1.807, 2.05) is 6.20 Å². The van der Waals surface area contributed by atoms with Gasteiger partial charge in [-0.05, 0) is 19.9 Å². The average molecular weight is 207 g/mol. The van der Waals surface area contributed by atoms with Gasteiger partial charge in [-0.15, -0.1) is 0 Å². The van der Waals surface area contributed by atoms with Crippen molar-refractivity contribution in [2.75, 3.05) is 27.2 Å². The largest absolute Gasteiger partial charge is 0.378 e. The van der Waals surface area contributed by atoms with Crippen molar-refractivity contribution in [3.05, 3.63) is 24.0 Å². The molecule has 0 amide bonds. The summed E-state index contributed by atoms with van der Waals surface area (Å²) in [6.07, 6.45) is 7.09. The molecule has 0 saturated carbocycles. The van der Waals surface area contributed by atoms with E-state index in [0.717, 1.165) is 25.3 Å². The Labute approximate surface area is 92.8 Å². The first kappa shape index (κ1) is 11.8. The van der Waals surface area contributed by atoms with Crippen LogP contribution in [-0.4, -0.2) is 42.8 Å². The number of aliphatic imine (C=N–C) groups is 1. The van der Waals surface area contributed by atoms with E-state index in [4.69, 9.17) is 0 Å². The van der Waals surface area contributed by atoms with Crippen LogP contribution in [0, 0.1) is 0 Å². The maximum absolute atomic E-state index is 4.48. The minimum absolute atomic E-state index is 0.919. The summed E-state index contributed by atoms with van der Waals surface area (Å²) in [6, 6.07) is 0. The van der Waals surface area contributed by atoms with Crippen molar-refractivity contribution in [1.29, 1.82) is 0 Å². The van der Waals surface area contributed by atoms with Gasteiger partial charge in [-0.2, -0.15) is 0 Å². The molecule has 0 aromatic heterocycles. The minimum Gasteiger partial charge on any atom is -0.378 e. The molecule has 0 fully saturated rings. The third-order valence-electron chi connectivity index (χ3n) is 2.61. The van der Waals surface area contributed by atoms with Crippen LogP contribution in [0.2, 0.25) is 0 Å². The van der Waals surface area contributed by atoms with E-state index in [-0.39, 0.29) is 0 Å². The highest BCUT2D eigenvalue weighted by Gasteiger charge is 2.08. The zero-order valence-corrected chi connectivity index (χ0v) is 10.2. The van der Waals surface area contributed by atoms with E-state index in [1.165, 1.54) is 5.70 Å². The fourth-order valence-corrected chi connectivity index (χ4v) is 1.65. The number of allylic oxidation sites excluding steroid dienone is 1. The molecule has 15 heavy (non-hydrogen) atoms. The number of nitrogens with zero attached hydrogens (tertiary/aromatic N) is 3. The summed E-state index contributed by atoms with van der Waals surface area (Å²) in [5.41, 5.74) is 1.22. The molecule has 0 saturated heterocycles. The van der Waals surface area contributed by atoms with Gasteiger partial charge in [0.15, 0.2) is 0 Å². The molecule has 84 valence electrons. The molecule has 0 unspecified atom stereocenters. The second-order valence-corrected chi connectivity index (χ2v) is 3.76. The summed E-state index contributed by atoms with van der Waals surface area (Å²) >= 11 is 0. The van der Waals surface area contributed by atoms with Crippen molar-refractivity contribution in [2.45, 2.75) is 20.3 Å². The molecule has 1 heterocycles. The van der Waals surface area contributed by atoms with Gasteiger partial charge in [0.1, 0.15) is 5.84 Å². The maximum atomic E-state index is 4.48. The molecule has 0 N–H and O–H groups in total. The van der Waals surface area contributed by atoms with Gasteiger partial charge in [0.25, 0.3) is 0 Å². The molecule has 0 bridgehead atoms. The molecule has 3 heteroatoms. The van der Waals surface area contributed by atoms with E-state index in [1.54, 1.807) is 0 Å². The standard InChI is InChI=1S/C12H21N3/c1-5-15(6-2)12-8-7-11(14(3)4)9-10-13-12/h7,9-10H,5-6,8H2,1-4H3. The van der Waals surface area contributed by atoms with Crippen molar-refractivity contribution in [1.82, 2.24) is 9.80 Å². The van der Waals surface area contributed by atoms with Gasteiger partial charge in [0.2, 0.25) is 0 Å². The summed E-state index contributed by atoms with van der Waals surface area (Å²) in [7, 11) is 4.11. The monoisotopic (exact) mass is 207 g/mol. The predicted molar refractivity (Wildman–Crippen MR) is 65.9 cm³/mol. The summed E-state index contributed by atoms with van der Waals surface area (Å²) < 4.78 is 0. The number of rotatable bonds is 3. The highest BCUT2D eigenvalue weighted by Crippen LogP contribution is 2.09. The fourth-order valence-electron chi connectivity index (χ4n) is 1.65. The number of hydrogen-bond donors (Lipinski definition) is 0. The summed E-state index contributed by atoms with van der Waals surface area (Å²) in [4.78, 5) is 8.88. The second kappa shape index (κ2) is 5.59.